The van der Waals surface area contributed by atoms with Gasteiger partial charge in [-0.3, -0.25) is 4.99 Å². The molecule has 0 amide bonds. The van der Waals surface area contributed by atoms with Gasteiger partial charge in [-0.15, -0.1) is 0 Å². The molecule has 6 heteroatoms. The first-order chi connectivity index (χ1) is 12.7. The lowest BCUT2D eigenvalue weighted by Crippen LogP contribution is -2.42. The fraction of sp³-hybridized carbons (Fsp3) is 0.150. The predicted molar refractivity (Wildman–Crippen MR) is 99.7 cm³/mol. The second kappa shape index (κ2) is 7.22. The van der Waals surface area contributed by atoms with Crippen molar-refractivity contribution in [2.45, 2.75) is 19.0 Å². The van der Waals surface area contributed by atoms with Gasteiger partial charge in [0, 0.05) is 30.2 Å². The van der Waals surface area contributed by atoms with Crippen molar-refractivity contribution >= 4 is 23.5 Å². The summed E-state index contributed by atoms with van der Waals surface area (Å²) in [4.78, 5) is 15.4. The van der Waals surface area contributed by atoms with Crippen molar-refractivity contribution in [3.63, 3.8) is 0 Å². The molecule has 0 bridgehead atoms. The SMILES string of the molecule is Fc1ccc2c(c1)=CN(c1ccccc1Cl)[C@H](CCc1ncccn1)N=2. The van der Waals surface area contributed by atoms with Crippen LogP contribution in [0.3, 0.4) is 0 Å². The summed E-state index contributed by atoms with van der Waals surface area (Å²) in [5.74, 6) is 0.483. The zero-order valence-electron chi connectivity index (χ0n) is 13.9. The van der Waals surface area contributed by atoms with Gasteiger partial charge in [-0.2, -0.15) is 0 Å². The highest BCUT2D eigenvalue weighted by atomic mass is 35.5. The average molecular weight is 367 g/mol. The first kappa shape index (κ1) is 16.7. The maximum absolute atomic E-state index is 13.6. The molecule has 0 aliphatic carbocycles. The molecule has 4 nitrogen and oxygen atoms in total. The average Bonchev–Trinajstić information content (AvgIpc) is 2.67. The zero-order chi connectivity index (χ0) is 17.9. The molecule has 1 aliphatic rings. The Morgan fingerprint density at radius 2 is 1.85 bits per heavy atom. The largest absolute Gasteiger partial charge is 0.323 e. The Hall–Kier alpha value is -2.79. The number of benzene rings is 2. The molecular formula is C20H16ClFN4. The fourth-order valence-corrected chi connectivity index (χ4v) is 3.25. The minimum atomic E-state index is -0.287. The number of halogens is 2. The third-order valence-corrected chi connectivity index (χ3v) is 4.57. The van der Waals surface area contributed by atoms with Crippen LogP contribution in [0.15, 0.2) is 65.9 Å². The van der Waals surface area contributed by atoms with E-state index in [4.69, 9.17) is 16.6 Å². The Morgan fingerprint density at radius 1 is 1.04 bits per heavy atom. The molecule has 3 aromatic rings. The summed E-state index contributed by atoms with van der Waals surface area (Å²) in [5.41, 5.74) is 0.840. The molecule has 1 aromatic heterocycles. The summed E-state index contributed by atoms with van der Waals surface area (Å²) in [6.07, 6.45) is 6.59. The predicted octanol–water partition coefficient (Wildman–Crippen LogP) is 3.11. The van der Waals surface area contributed by atoms with E-state index in [0.717, 1.165) is 22.1 Å². The number of para-hydroxylation sites is 1. The molecule has 0 saturated heterocycles. The molecule has 2 heterocycles. The molecular weight excluding hydrogens is 351 g/mol. The lowest BCUT2D eigenvalue weighted by molar-refractivity contribution is 0.592. The Labute approximate surface area is 155 Å². The van der Waals surface area contributed by atoms with Crippen molar-refractivity contribution in [2.75, 3.05) is 4.90 Å². The molecule has 0 unspecified atom stereocenters. The summed E-state index contributed by atoms with van der Waals surface area (Å²) >= 11 is 6.40. The van der Waals surface area contributed by atoms with Crippen molar-refractivity contribution in [2.24, 2.45) is 4.99 Å². The third kappa shape index (κ3) is 3.44. The smallest absolute Gasteiger partial charge is 0.128 e. The van der Waals surface area contributed by atoms with Crippen LogP contribution in [0, 0.1) is 5.82 Å². The standard InChI is InChI=1S/C20H16ClFN4/c21-16-4-1-2-5-18(16)26-13-14-12-15(22)6-7-17(14)25-20(26)9-8-19-23-10-3-11-24-19/h1-7,10-13,20H,8-9H2/t20-/m1/s1. The highest BCUT2D eigenvalue weighted by Gasteiger charge is 2.21. The lowest BCUT2D eigenvalue weighted by Gasteiger charge is -2.30. The maximum atomic E-state index is 13.6. The van der Waals surface area contributed by atoms with E-state index in [0.29, 0.717) is 17.9 Å². The molecule has 0 fully saturated rings. The van der Waals surface area contributed by atoms with Crippen LogP contribution in [0.5, 0.6) is 0 Å². The minimum Gasteiger partial charge on any atom is -0.323 e. The normalized spacial score (nSPS) is 15.8. The van der Waals surface area contributed by atoms with E-state index in [1.54, 1.807) is 24.5 Å². The zero-order valence-corrected chi connectivity index (χ0v) is 14.6. The molecule has 130 valence electrons. The van der Waals surface area contributed by atoms with Gasteiger partial charge in [-0.25, -0.2) is 14.4 Å². The first-order valence-electron chi connectivity index (χ1n) is 8.35. The summed E-state index contributed by atoms with van der Waals surface area (Å²) in [6.45, 7) is 0. The van der Waals surface area contributed by atoms with Crippen molar-refractivity contribution in [3.8, 4) is 0 Å². The molecule has 4 rings (SSSR count). The van der Waals surface area contributed by atoms with Gasteiger partial charge >= 0.3 is 0 Å². The summed E-state index contributed by atoms with van der Waals surface area (Å²) in [6, 6.07) is 14.0. The van der Waals surface area contributed by atoms with Gasteiger partial charge < -0.3 is 4.90 Å². The number of anilines is 1. The van der Waals surface area contributed by atoms with Crippen molar-refractivity contribution in [1.82, 2.24) is 9.97 Å². The van der Waals surface area contributed by atoms with E-state index < -0.39 is 0 Å². The fourth-order valence-electron chi connectivity index (χ4n) is 3.02. The summed E-state index contributed by atoms with van der Waals surface area (Å²) < 4.78 is 13.6. The quantitative estimate of drug-likeness (QED) is 0.712. The van der Waals surface area contributed by atoms with E-state index in [-0.39, 0.29) is 12.0 Å². The van der Waals surface area contributed by atoms with Gasteiger partial charge in [0.05, 0.1) is 16.1 Å². The molecule has 26 heavy (non-hydrogen) atoms. The van der Waals surface area contributed by atoms with Gasteiger partial charge in [-0.1, -0.05) is 23.7 Å². The topological polar surface area (TPSA) is 41.4 Å². The Morgan fingerprint density at radius 3 is 2.65 bits per heavy atom. The summed E-state index contributed by atoms with van der Waals surface area (Å²) in [7, 11) is 0. The molecule has 0 saturated carbocycles. The van der Waals surface area contributed by atoms with Crippen LogP contribution < -0.4 is 15.5 Å². The van der Waals surface area contributed by atoms with Crippen LogP contribution in [0.1, 0.15) is 12.2 Å². The second-order valence-corrected chi connectivity index (χ2v) is 6.41. The van der Waals surface area contributed by atoms with Crippen molar-refractivity contribution in [3.05, 3.63) is 88.2 Å². The highest BCUT2D eigenvalue weighted by Crippen LogP contribution is 2.29. The highest BCUT2D eigenvalue weighted by molar-refractivity contribution is 6.33. The molecule has 1 atom stereocenters. The maximum Gasteiger partial charge on any atom is 0.128 e. The Balaban J connectivity index is 1.73. The van der Waals surface area contributed by atoms with Gasteiger partial charge in [-0.05, 0) is 42.8 Å². The lowest BCUT2D eigenvalue weighted by atomic mass is 10.1. The second-order valence-electron chi connectivity index (χ2n) is 6.00. The molecule has 0 N–H and O–H groups in total. The Kier molecular flexibility index (Phi) is 4.63. The monoisotopic (exact) mass is 366 g/mol. The van der Waals surface area contributed by atoms with Crippen LogP contribution in [-0.2, 0) is 6.42 Å². The van der Waals surface area contributed by atoms with E-state index in [1.165, 1.54) is 12.1 Å². The van der Waals surface area contributed by atoms with Crippen molar-refractivity contribution < 1.29 is 4.39 Å². The number of aryl methyl sites for hydroxylation is 1. The summed E-state index contributed by atoms with van der Waals surface area (Å²) in [5, 5.41) is 2.13. The number of fused-ring (bicyclic) bond motifs is 1. The van der Waals surface area contributed by atoms with E-state index in [9.17, 15) is 4.39 Å². The van der Waals surface area contributed by atoms with Crippen LogP contribution in [0.4, 0.5) is 10.1 Å². The number of nitrogens with zero attached hydrogens (tertiary/aromatic N) is 4. The minimum absolute atomic E-state index is 0.170. The van der Waals surface area contributed by atoms with E-state index >= 15 is 0 Å². The Bertz CT molecular complexity index is 1040. The van der Waals surface area contributed by atoms with Gasteiger partial charge in [0.15, 0.2) is 0 Å². The van der Waals surface area contributed by atoms with Crippen LogP contribution in [-0.4, -0.2) is 16.1 Å². The number of hydrogen-bond acceptors (Lipinski definition) is 4. The van der Waals surface area contributed by atoms with Gasteiger partial charge in [0.2, 0.25) is 0 Å². The van der Waals surface area contributed by atoms with E-state index in [2.05, 4.69) is 9.97 Å². The van der Waals surface area contributed by atoms with E-state index in [1.807, 2.05) is 35.4 Å². The van der Waals surface area contributed by atoms with Crippen molar-refractivity contribution in [1.29, 1.82) is 0 Å². The first-order valence-corrected chi connectivity index (χ1v) is 8.72. The molecule has 1 aliphatic heterocycles. The number of aromatic nitrogens is 2. The van der Waals surface area contributed by atoms with Crippen LogP contribution in [0.2, 0.25) is 5.02 Å². The van der Waals surface area contributed by atoms with Crippen LogP contribution >= 0.6 is 11.6 Å². The third-order valence-electron chi connectivity index (χ3n) is 4.25. The molecule has 0 spiro atoms. The molecule has 0 radical (unpaired) electrons. The van der Waals surface area contributed by atoms with Gasteiger partial charge in [0.1, 0.15) is 17.8 Å². The van der Waals surface area contributed by atoms with Crippen LogP contribution in [0.25, 0.3) is 6.20 Å². The number of hydrogen-bond donors (Lipinski definition) is 0. The van der Waals surface area contributed by atoms with Gasteiger partial charge in [0.25, 0.3) is 0 Å². The molecule has 2 aromatic carbocycles. The number of rotatable bonds is 4.